The van der Waals surface area contributed by atoms with Crippen LogP contribution in [0.5, 0.6) is 5.75 Å². The largest absolute Gasteiger partial charge is 0.492 e. The second-order valence-corrected chi connectivity index (χ2v) is 6.67. The number of carboxylic acids is 1. The molecule has 1 aromatic carbocycles. The molecule has 3 atom stereocenters. The molecule has 2 heterocycles. The van der Waals surface area contributed by atoms with Crippen LogP contribution in [0.3, 0.4) is 0 Å². The van der Waals surface area contributed by atoms with Gasteiger partial charge in [0, 0.05) is 18.7 Å². The van der Waals surface area contributed by atoms with Crippen molar-refractivity contribution in [3.63, 3.8) is 0 Å². The number of likely N-dealkylation sites (tertiary alicyclic amines) is 1. The maximum Gasteiger partial charge on any atom is 0.394 e. The van der Waals surface area contributed by atoms with Gasteiger partial charge in [-0.3, -0.25) is 9.59 Å². The molecule has 0 radical (unpaired) electrons. The highest BCUT2D eigenvalue weighted by Gasteiger charge is 2.54. The number of nitrogens with zero attached hydrogens (tertiary/aromatic N) is 1. The van der Waals surface area contributed by atoms with Crippen LogP contribution >= 0.6 is 0 Å². The van der Waals surface area contributed by atoms with E-state index in [2.05, 4.69) is 0 Å². The molecule has 1 amide bonds. The van der Waals surface area contributed by atoms with E-state index in [1.807, 2.05) is 19.9 Å². The number of carboxylic acid groups (broad SMARTS) is 1. The standard InChI is InChI=1S/C17H18F3NO4/c1-8-3-10-12(7-25-14(10)4-9(8)2)15(22)21-5-11(16(23)24)13(6-21)17(18,19)20/h3-4,11-13H,5-7H2,1-2H3,(H,23,24)/t11-,12?,13-/m1/s1. The smallest absolute Gasteiger partial charge is 0.394 e. The summed E-state index contributed by atoms with van der Waals surface area (Å²) in [6.45, 7) is 2.78. The van der Waals surface area contributed by atoms with Crippen LogP contribution in [0, 0.1) is 25.7 Å². The fraction of sp³-hybridized carbons (Fsp3) is 0.529. The highest BCUT2D eigenvalue weighted by atomic mass is 19.4. The minimum Gasteiger partial charge on any atom is -0.492 e. The molecule has 0 aromatic heterocycles. The Balaban J connectivity index is 1.84. The van der Waals surface area contributed by atoms with Crippen molar-refractivity contribution in [1.82, 2.24) is 4.90 Å². The minimum absolute atomic E-state index is 0.0575. The van der Waals surface area contributed by atoms with Gasteiger partial charge in [-0.1, -0.05) is 6.07 Å². The van der Waals surface area contributed by atoms with Crippen molar-refractivity contribution in [3.8, 4) is 5.75 Å². The summed E-state index contributed by atoms with van der Waals surface area (Å²) in [5, 5.41) is 9.07. The SMILES string of the molecule is Cc1cc2c(cc1C)C(C(=O)N1C[C@@H](C(F)(F)F)[C@H](C(=O)O)C1)CO2. The summed E-state index contributed by atoms with van der Waals surface area (Å²) < 4.78 is 44.8. The molecule has 1 unspecified atom stereocenters. The number of aryl methyl sites for hydroxylation is 2. The number of alkyl halides is 3. The zero-order chi connectivity index (χ0) is 18.5. The molecule has 1 N–H and O–H groups in total. The number of hydrogen-bond acceptors (Lipinski definition) is 3. The molecular weight excluding hydrogens is 339 g/mol. The maximum atomic E-state index is 13.1. The van der Waals surface area contributed by atoms with Crippen molar-refractivity contribution >= 4 is 11.9 Å². The summed E-state index contributed by atoms with van der Waals surface area (Å²) in [5.41, 5.74) is 2.60. The number of aliphatic carboxylic acids is 1. The summed E-state index contributed by atoms with van der Waals surface area (Å²) in [6, 6.07) is 3.62. The zero-order valence-corrected chi connectivity index (χ0v) is 13.8. The Morgan fingerprint density at radius 3 is 2.40 bits per heavy atom. The number of carbonyl (C=O) groups is 2. The number of carbonyl (C=O) groups excluding carboxylic acids is 1. The number of rotatable bonds is 2. The molecule has 5 nitrogen and oxygen atoms in total. The first kappa shape index (κ1) is 17.6. The van der Waals surface area contributed by atoms with Crippen molar-refractivity contribution in [3.05, 3.63) is 28.8 Å². The van der Waals surface area contributed by atoms with E-state index in [4.69, 9.17) is 9.84 Å². The summed E-state index contributed by atoms with van der Waals surface area (Å²) in [6.07, 6.45) is -4.66. The van der Waals surface area contributed by atoms with Crippen molar-refractivity contribution < 1.29 is 32.6 Å². The molecule has 2 aliphatic heterocycles. The molecule has 1 fully saturated rings. The van der Waals surface area contributed by atoms with Crippen LogP contribution in [0.2, 0.25) is 0 Å². The Morgan fingerprint density at radius 1 is 1.20 bits per heavy atom. The monoisotopic (exact) mass is 357 g/mol. The van der Waals surface area contributed by atoms with Gasteiger partial charge in [0.1, 0.15) is 18.3 Å². The highest BCUT2D eigenvalue weighted by Crippen LogP contribution is 2.41. The second-order valence-electron chi connectivity index (χ2n) is 6.67. The van der Waals surface area contributed by atoms with E-state index < -0.39 is 48.9 Å². The Kier molecular flexibility index (Phi) is 4.17. The zero-order valence-electron chi connectivity index (χ0n) is 13.8. The summed E-state index contributed by atoms with van der Waals surface area (Å²) in [5.74, 6) is -5.87. The van der Waals surface area contributed by atoms with Gasteiger partial charge < -0.3 is 14.7 Å². The average molecular weight is 357 g/mol. The predicted octanol–water partition coefficient (Wildman–Crippen LogP) is 2.50. The van der Waals surface area contributed by atoms with E-state index in [1.54, 1.807) is 6.07 Å². The Bertz CT molecular complexity index is 731. The van der Waals surface area contributed by atoms with E-state index >= 15 is 0 Å². The van der Waals surface area contributed by atoms with E-state index in [0.29, 0.717) is 11.3 Å². The fourth-order valence-corrected chi connectivity index (χ4v) is 3.46. The van der Waals surface area contributed by atoms with Crippen LogP contribution in [0.4, 0.5) is 13.2 Å². The summed E-state index contributed by atoms with van der Waals surface area (Å²) in [7, 11) is 0. The molecule has 8 heteroatoms. The lowest BCUT2D eigenvalue weighted by Crippen LogP contribution is -2.35. The van der Waals surface area contributed by atoms with Crippen molar-refractivity contribution in [2.75, 3.05) is 19.7 Å². The molecule has 1 aromatic rings. The lowest BCUT2D eigenvalue weighted by molar-refractivity contribution is -0.188. The Morgan fingerprint density at radius 2 is 1.84 bits per heavy atom. The molecule has 0 spiro atoms. The van der Waals surface area contributed by atoms with Gasteiger partial charge in [-0.05, 0) is 31.0 Å². The number of hydrogen-bond donors (Lipinski definition) is 1. The fourth-order valence-electron chi connectivity index (χ4n) is 3.46. The molecule has 2 aliphatic rings. The number of ether oxygens (including phenoxy) is 1. The first-order valence-electron chi connectivity index (χ1n) is 7.92. The van der Waals surface area contributed by atoms with Gasteiger partial charge in [-0.2, -0.15) is 13.2 Å². The quantitative estimate of drug-likeness (QED) is 0.883. The topological polar surface area (TPSA) is 66.8 Å². The van der Waals surface area contributed by atoms with E-state index in [9.17, 15) is 22.8 Å². The third kappa shape index (κ3) is 3.05. The molecule has 0 bridgehead atoms. The lowest BCUT2D eigenvalue weighted by Gasteiger charge is -2.21. The van der Waals surface area contributed by atoms with Crippen LogP contribution in [0.1, 0.15) is 22.6 Å². The van der Waals surface area contributed by atoms with Crippen molar-refractivity contribution in [1.29, 1.82) is 0 Å². The van der Waals surface area contributed by atoms with Gasteiger partial charge in [-0.15, -0.1) is 0 Å². The van der Waals surface area contributed by atoms with E-state index in [0.717, 1.165) is 16.0 Å². The molecule has 136 valence electrons. The van der Waals surface area contributed by atoms with Gasteiger partial charge in [0.15, 0.2) is 0 Å². The first-order valence-corrected chi connectivity index (χ1v) is 7.92. The van der Waals surface area contributed by atoms with Crippen molar-refractivity contribution in [2.24, 2.45) is 11.8 Å². The third-order valence-electron chi connectivity index (χ3n) is 5.07. The molecule has 0 aliphatic carbocycles. The van der Waals surface area contributed by atoms with Gasteiger partial charge in [-0.25, -0.2) is 0 Å². The minimum atomic E-state index is -4.66. The number of fused-ring (bicyclic) bond motifs is 1. The molecule has 1 saturated heterocycles. The predicted molar refractivity (Wildman–Crippen MR) is 81.4 cm³/mol. The van der Waals surface area contributed by atoms with E-state index in [-0.39, 0.29) is 6.61 Å². The Hall–Kier alpha value is -2.25. The Labute approximate surface area is 142 Å². The van der Waals surface area contributed by atoms with Crippen LogP contribution in [-0.2, 0) is 9.59 Å². The average Bonchev–Trinajstić information content (AvgIpc) is 3.11. The maximum absolute atomic E-state index is 13.1. The first-order chi connectivity index (χ1) is 11.6. The van der Waals surface area contributed by atoms with Crippen LogP contribution in [-0.4, -0.2) is 47.8 Å². The summed E-state index contributed by atoms with van der Waals surface area (Å²) >= 11 is 0. The normalized spacial score (nSPS) is 25.6. The molecular formula is C17H18F3NO4. The number of amides is 1. The van der Waals surface area contributed by atoms with Crippen LogP contribution in [0.15, 0.2) is 12.1 Å². The summed E-state index contributed by atoms with van der Waals surface area (Å²) in [4.78, 5) is 24.9. The molecule has 25 heavy (non-hydrogen) atoms. The second kappa shape index (κ2) is 5.93. The van der Waals surface area contributed by atoms with Crippen molar-refractivity contribution in [2.45, 2.75) is 25.9 Å². The van der Waals surface area contributed by atoms with Gasteiger partial charge in [0.05, 0.1) is 11.8 Å². The van der Waals surface area contributed by atoms with E-state index in [1.165, 1.54) is 0 Å². The van der Waals surface area contributed by atoms with Crippen LogP contribution < -0.4 is 4.74 Å². The van der Waals surface area contributed by atoms with Gasteiger partial charge in [0.2, 0.25) is 5.91 Å². The lowest BCUT2D eigenvalue weighted by atomic mass is 9.96. The molecule has 0 saturated carbocycles. The van der Waals surface area contributed by atoms with Crippen LogP contribution in [0.25, 0.3) is 0 Å². The van der Waals surface area contributed by atoms with Gasteiger partial charge in [0.25, 0.3) is 0 Å². The molecule has 3 rings (SSSR count). The highest BCUT2D eigenvalue weighted by molar-refractivity contribution is 5.87. The third-order valence-corrected chi connectivity index (χ3v) is 5.07. The number of halogens is 3. The van der Waals surface area contributed by atoms with Gasteiger partial charge >= 0.3 is 12.1 Å². The number of benzene rings is 1.